The molecule has 3 heterocycles. The van der Waals surface area contributed by atoms with Crippen molar-refractivity contribution in [1.29, 1.82) is 0 Å². The number of carbonyl (C=O) groups excluding carboxylic acids is 9. The second-order valence-corrected chi connectivity index (χ2v) is 31.9. The second-order valence-electron chi connectivity index (χ2n) is 31.9. The summed E-state index contributed by atoms with van der Waals surface area (Å²) >= 11 is 0. The predicted molar refractivity (Wildman–Crippen MR) is 445 cm³/mol. The Kier molecular flexibility index (Phi) is 29.3. The van der Waals surface area contributed by atoms with Gasteiger partial charge in [0.15, 0.2) is 0 Å². The van der Waals surface area contributed by atoms with Crippen molar-refractivity contribution in [2.45, 2.75) is 201 Å². The van der Waals surface area contributed by atoms with Gasteiger partial charge in [-0.1, -0.05) is 36.4 Å². The molecule has 12 N–H and O–H groups in total. The van der Waals surface area contributed by atoms with Crippen LogP contribution >= 0.6 is 0 Å². The quantitative estimate of drug-likeness (QED) is 0.0105. The number of benzene rings is 6. The van der Waals surface area contributed by atoms with Crippen LogP contribution in [0.1, 0.15) is 176 Å². The Bertz CT molecular complexity index is 4460. The fourth-order valence-corrected chi connectivity index (χ4v) is 14.1. The van der Waals surface area contributed by atoms with Crippen molar-refractivity contribution >= 4 is 103 Å². The molecule has 27 nitrogen and oxygen atoms in total. The summed E-state index contributed by atoms with van der Waals surface area (Å²) in [6, 6.07) is 33.3. The molecule has 0 aliphatic rings. The summed E-state index contributed by atoms with van der Waals surface area (Å²) in [6.45, 7) is 21.4. The molecule has 0 aliphatic carbocycles. The van der Waals surface area contributed by atoms with Gasteiger partial charge in [-0.25, -0.2) is 29.1 Å². The van der Waals surface area contributed by atoms with Crippen LogP contribution in [0.3, 0.4) is 0 Å². The average molecular weight is 1580 g/mol. The van der Waals surface area contributed by atoms with Gasteiger partial charge in [0, 0.05) is 72.8 Å². The number of H-pyrrole nitrogens is 3. The van der Waals surface area contributed by atoms with E-state index in [1.807, 2.05) is 75.4 Å². The van der Waals surface area contributed by atoms with Crippen molar-refractivity contribution in [3.05, 3.63) is 178 Å². The highest BCUT2D eigenvalue weighted by Gasteiger charge is 2.42. The molecule has 3 atom stereocenters. The zero-order valence-electron chi connectivity index (χ0n) is 68.7. The van der Waals surface area contributed by atoms with E-state index in [0.29, 0.717) is 139 Å². The largest absolute Gasteiger partial charge is 0.497 e. The number of carbonyl (C=O) groups is 9. The molecule has 0 radical (unpaired) electrons. The van der Waals surface area contributed by atoms with Crippen LogP contribution < -0.4 is 47.4 Å². The minimum atomic E-state index is -1.36. The Morgan fingerprint density at radius 3 is 0.826 bits per heavy atom. The first-order valence-corrected chi connectivity index (χ1v) is 39.0. The van der Waals surface area contributed by atoms with E-state index in [0.717, 1.165) is 31.2 Å². The van der Waals surface area contributed by atoms with Crippen LogP contribution in [0.15, 0.2) is 127 Å². The third-order valence-corrected chi connectivity index (χ3v) is 19.7. The first-order valence-electron chi connectivity index (χ1n) is 39.0. The molecule has 9 amide bonds. The zero-order chi connectivity index (χ0) is 83.8. The molecule has 0 aliphatic heterocycles. The third kappa shape index (κ3) is 22.7. The second kappa shape index (κ2) is 38.5. The standard InChI is InChI=1S/C88H112N12O15/c1-52-64(67-46-61(110-13)37-40-70(67)92-52)49-76(101)98(83(107)113-86(4,5)6)73(22-16-19-43-89)80(104)95-58-31-25-55(26-32-58)79(56-27-33-59(34-28-56)96-81(105)74(23-17-20-44-90)99(84(108)114-87(7,8)9)77(102)50-65-53(2)93-71-41-38-62(111-14)47-68(65)71)57-29-35-60(36-30-57)97-82(106)75(24-18-21-45-91)100(85(109)115-88(10,11)12)78(103)51-66-54(3)94-72-42-39-63(112-15)48-69(66)72/h25-42,46-48,73-75,79,92-94H,16-24,43-45,49-51,89-91H2,1-15H3,(H,95,104)(H,96,105)(H,97,106)/t73-,74-,75-/m1/s1. The number of anilines is 3. The number of aromatic nitrogens is 3. The maximum atomic E-state index is 15.0. The molecule has 0 unspecified atom stereocenters. The Morgan fingerprint density at radius 2 is 0.609 bits per heavy atom. The Balaban J connectivity index is 1.07. The number of fused-ring (bicyclic) bond motifs is 3. The highest BCUT2D eigenvalue weighted by atomic mass is 16.6. The lowest BCUT2D eigenvalue weighted by molar-refractivity contribution is -0.137. The summed E-state index contributed by atoms with van der Waals surface area (Å²) in [6.07, 6.45) is -1.07. The predicted octanol–water partition coefficient (Wildman–Crippen LogP) is 14.6. The first kappa shape index (κ1) is 87.4. The Hall–Kier alpha value is -11.6. The topological polar surface area (TPSA) is 380 Å². The molecule has 0 saturated heterocycles. The number of nitrogens with two attached hydrogens (primary N) is 3. The summed E-state index contributed by atoms with van der Waals surface area (Å²) in [5, 5.41) is 11.1. The lowest BCUT2D eigenvalue weighted by atomic mass is 9.85. The number of hydrogen-bond acceptors (Lipinski definition) is 18. The number of nitrogens with zero attached hydrogens (tertiary/aromatic N) is 3. The van der Waals surface area contributed by atoms with Crippen molar-refractivity contribution < 1.29 is 71.6 Å². The number of amides is 9. The number of imide groups is 3. The molecule has 614 valence electrons. The summed E-state index contributed by atoms with van der Waals surface area (Å²) in [5.74, 6) is -2.96. The van der Waals surface area contributed by atoms with Gasteiger partial charge in [0.1, 0.15) is 52.2 Å². The van der Waals surface area contributed by atoms with Crippen LogP contribution in [-0.2, 0) is 62.2 Å². The van der Waals surface area contributed by atoms with Gasteiger partial charge < -0.3 is 76.5 Å². The molecule has 3 aromatic heterocycles. The van der Waals surface area contributed by atoms with E-state index in [2.05, 4.69) is 30.9 Å². The number of hydrogen-bond donors (Lipinski definition) is 9. The normalized spacial score (nSPS) is 12.5. The average Bonchev–Trinajstić information content (AvgIpc) is 1.74. The molecule has 0 bridgehead atoms. The molecule has 27 heteroatoms. The van der Waals surface area contributed by atoms with Gasteiger partial charge in [-0.3, -0.25) is 28.8 Å². The molecule has 0 saturated carbocycles. The van der Waals surface area contributed by atoms with Gasteiger partial charge in [0.2, 0.25) is 35.4 Å². The highest BCUT2D eigenvalue weighted by Crippen LogP contribution is 2.37. The molecular weight excluding hydrogens is 1470 g/mol. The molecule has 6 aromatic carbocycles. The van der Waals surface area contributed by atoms with E-state index in [4.69, 9.17) is 45.6 Å². The maximum absolute atomic E-state index is 15.0. The van der Waals surface area contributed by atoms with Gasteiger partial charge >= 0.3 is 18.3 Å². The number of ether oxygens (including phenoxy) is 6. The van der Waals surface area contributed by atoms with Gasteiger partial charge in [0.05, 0.1) is 40.6 Å². The van der Waals surface area contributed by atoms with Crippen molar-refractivity contribution in [1.82, 2.24) is 29.7 Å². The van der Waals surface area contributed by atoms with Crippen molar-refractivity contribution in [3.63, 3.8) is 0 Å². The SMILES string of the molecule is COc1ccc2[nH]c(C)c(CC(=O)N(C(=O)OC(C)(C)C)[C@H](CCCCN)C(=O)Nc3ccc(C(c4ccc(NC(=O)[C@@H](CCCCN)N(C(=O)Cc5c(C)[nH]c6ccc(OC)cc56)C(=O)OC(C)(C)C)cc4)c4ccc(NC(=O)[C@@H](CCCCN)N(C(=O)Cc5c(C)[nH]c6ccc(OC)cc56)C(=O)OC(C)(C)C)cc4)cc3)c2c1. The smallest absolute Gasteiger partial charge is 0.417 e. The minimum Gasteiger partial charge on any atom is -0.497 e. The van der Waals surface area contributed by atoms with Crippen LogP contribution in [0, 0.1) is 20.8 Å². The molecule has 9 aromatic rings. The Labute approximate surface area is 671 Å². The lowest BCUT2D eigenvalue weighted by Crippen LogP contribution is -2.52. The van der Waals surface area contributed by atoms with E-state index in [9.17, 15) is 28.8 Å². The van der Waals surface area contributed by atoms with E-state index in [1.54, 1.807) is 156 Å². The number of rotatable bonds is 33. The fraction of sp³-hybridized carbons (Fsp3) is 0.420. The van der Waals surface area contributed by atoms with Crippen LogP contribution in [-0.4, -0.2) is 159 Å². The molecule has 9 rings (SSSR count). The van der Waals surface area contributed by atoms with Crippen molar-refractivity contribution in [2.75, 3.05) is 56.9 Å². The van der Waals surface area contributed by atoms with Crippen LogP contribution in [0.2, 0.25) is 0 Å². The monoisotopic (exact) mass is 1580 g/mol. The van der Waals surface area contributed by atoms with E-state index in [-0.39, 0.29) is 58.2 Å². The van der Waals surface area contributed by atoms with Crippen LogP contribution in [0.5, 0.6) is 17.2 Å². The van der Waals surface area contributed by atoms with Crippen LogP contribution in [0.4, 0.5) is 31.4 Å². The van der Waals surface area contributed by atoms with Gasteiger partial charge in [0.25, 0.3) is 0 Å². The fourth-order valence-electron chi connectivity index (χ4n) is 14.1. The summed E-state index contributed by atoms with van der Waals surface area (Å²) in [4.78, 5) is 146. The van der Waals surface area contributed by atoms with E-state index >= 15 is 14.4 Å². The number of aryl methyl sites for hydroxylation is 3. The third-order valence-electron chi connectivity index (χ3n) is 19.7. The zero-order valence-corrected chi connectivity index (χ0v) is 68.7. The minimum absolute atomic E-state index is 0.0512. The number of unbranched alkanes of at least 4 members (excludes halogenated alkanes) is 3. The first-order chi connectivity index (χ1) is 54.6. The van der Waals surface area contributed by atoms with Crippen molar-refractivity contribution in [3.8, 4) is 17.2 Å². The summed E-state index contributed by atoms with van der Waals surface area (Å²) < 4.78 is 34.2. The van der Waals surface area contributed by atoms with Gasteiger partial charge in [-0.05, 0) is 285 Å². The number of nitrogens with one attached hydrogen (secondary N) is 6. The molecule has 115 heavy (non-hydrogen) atoms. The molecular formula is C88H112N12O15. The van der Waals surface area contributed by atoms with Gasteiger partial charge in [-0.2, -0.15) is 0 Å². The number of methoxy groups -OCH3 is 3. The number of aromatic amines is 3. The molecule has 0 spiro atoms. The van der Waals surface area contributed by atoms with Crippen molar-refractivity contribution in [2.24, 2.45) is 17.2 Å². The van der Waals surface area contributed by atoms with E-state index in [1.165, 1.54) is 0 Å². The van der Waals surface area contributed by atoms with E-state index < -0.39 is 94.6 Å². The molecule has 0 fully saturated rings. The maximum Gasteiger partial charge on any atom is 0.417 e. The van der Waals surface area contributed by atoms with Gasteiger partial charge in [-0.15, -0.1) is 0 Å². The van der Waals surface area contributed by atoms with Crippen LogP contribution in [0.25, 0.3) is 32.7 Å². The summed E-state index contributed by atoms with van der Waals surface area (Å²) in [5.41, 5.74) is 24.0. The lowest BCUT2D eigenvalue weighted by Gasteiger charge is -2.32. The Morgan fingerprint density at radius 1 is 0.365 bits per heavy atom. The summed E-state index contributed by atoms with van der Waals surface area (Å²) in [7, 11) is 4.63. The highest BCUT2D eigenvalue weighted by molar-refractivity contribution is 6.07.